The molecular weight excluding hydrogens is 480 g/mol. The number of hydrogen-bond donors (Lipinski definition) is 0. The molecule has 4 rings (SSSR count). The van der Waals surface area contributed by atoms with E-state index < -0.39 is 17.1 Å². The lowest BCUT2D eigenvalue weighted by Gasteiger charge is -2.43. The van der Waals surface area contributed by atoms with Gasteiger partial charge in [0.05, 0.1) is 6.04 Å². The molecule has 2 unspecified atom stereocenters. The van der Waals surface area contributed by atoms with Gasteiger partial charge in [0, 0.05) is 35.9 Å². The van der Waals surface area contributed by atoms with E-state index in [-0.39, 0.29) is 42.9 Å². The van der Waals surface area contributed by atoms with Crippen molar-refractivity contribution in [3.05, 3.63) is 59.2 Å². The van der Waals surface area contributed by atoms with Crippen molar-refractivity contribution in [2.45, 2.75) is 64.0 Å². The van der Waals surface area contributed by atoms with Crippen LogP contribution in [0.1, 0.15) is 52.5 Å². The molecule has 1 aromatic carbocycles. The van der Waals surface area contributed by atoms with Crippen molar-refractivity contribution < 1.29 is 23.9 Å². The van der Waals surface area contributed by atoms with E-state index in [4.69, 9.17) is 21.1 Å². The van der Waals surface area contributed by atoms with Crippen LogP contribution in [-0.4, -0.2) is 59.2 Å². The molecule has 0 spiro atoms. The number of imide groups is 1. The van der Waals surface area contributed by atoms with E-state index in [0.717, 1.165) is 5.56 Å². The number of cyclic esters (lactones) is 1. The van der Waals surface area contributed by atoms with E-state index in [1.54, 1.807) is 4.90 Å². The first-order valence-corrected chi connectivity index (χ1v) is 12.9. The fraction of sp³-hybridized carbons (Fsp3) is 0.536. The number of allylic oxidation sites excluding steroid dienone is 3. The van der Waals surface area contributed by atoms with E-state index >= 15 is 0 Å². The third kappa shape index (κ3) is 5.61. The highest BCUT2D eigenvalue weighted by molar-refractivity contribution is 6.30. The van der Waals surface area contributed by atoms with Crippen LogP contribution in [0.4, 0.5) is 9.59 Å². The summed E-state index contributed by atoms with van der Waals surface area (Å²) >= 11 is 6.15. The van der Waals surface area contributed by atoms with Gasteiger partial charge in [-0.15, -0.1) is 0 Å². The highest BCUT2D eigenvalue weighted by Gasteiger charge is 2.47. The van der Waals surface area contributed by atoms with Gasteiger partial charge in [0.1, 0.15) is 12.2 Å². The van der Waals surface area contributed by atoms with Crippen LogP contribution in [0.15, 0.2) is 48.6 Å². The number of amides is 3. The summed E-state index contributed by atoms with van der Waals surface area (Å²) in [4.78, 5) is 42.2. The lowest BCUT2D eigenvalue weighted by atomic mass is 9.70. The smallest absolute Gasteiger partial charge is 0.416 e. The minimum absolute atomic E-state index is 0.00546. The molecule has 2 heterocycles. The zero-order valence-corrected chi connectivity index (χ0v) is 22.2. The lowest BCUT2D eigenvalue weighted by Crippen LogP contribution is -2.50. The van der Waals surface area contributed by atoms with Crippen molar-refractivity contribution >= 4 is 29.7 Å². The Balaban J connectivity index is 1.56. The van der Waals surface area contributed by atoms with E-state index in [1.165, 1.54) is 4.90 Å². The molecule has 2 fully saturated rings. The zero-order chi connectivity index (χ0) is 26.1. The van der Waals surface area contributed by atoms with Crippen LogP contribution in [0.3, 0.4) is 0 Å². The van der Waals surface area contributed by atoms with Crippen molar-refractivity contribution in [1.82, 2.24) is 9.80 Å². The van der Waals surface area contributed by atoms with Crippen molar-refractivity contribution in [2.24, 2.45) is 11.8 Å². The number of piperidine rings is 1. The average Bonchev–Trinajstić information content (AvgIpc) is 3.20. The molecule has 1 aliphatic carbocycles. The maximum absolute atomic E-state index is 13.8. The molecule has 3 atom stereocenters. The molecule has 0 aromatic heterocycles. The number of carbonyl (C=O) groups is 3. The zero-order valence-electron chi connectivity index (χ0n) is 21.4. The van der Waals surface area contributed by atoms with Crippen LogP contribution in [0.5, 0.6) is 0 Å². The normalized spacial score (nSPS) is 25.6. The van der Waals surface area contributed by atoms with Crippen molar-refractivity contribution in [1.29, 1.82) is 0 Å². The molecule has 0 bridgehead atoms. The van der Waals surface area contributed by atoms with Gasteiger partial charge in [-0.3, -0.25) is 4.79 Å². The molecule has 8 heteroatoms. The summed E-state index contributed by atoms with van der Waals surface area (Å²) in [7, 11) is 0. The molecule has 194 valence electrons. The monoisotopic (exact) mass is 514 g/mol. The summed E-state index contributed by atoms with van der Waals surface area (Å²) in [5.74, 6) is -0.0590. The summed E-state index contributed by atoms with van der Waals surface area (Å²) in [5.41, 5.74) is -0.147. The first kappa shape index (κ1) is 26.3. The largest absolute Gasteiger partial charge is 0.447 e. The van der Waals surface area contributed by atoms with Gasteiger partial charge in [-0.2, -0.15) is 0 Å². The summed E-state index contributed by atoms with van der Waals surface area (Å²) in [6.45, 7) is 8.70. The molecule has 0 N–H and O–H groups in total. The molecule has 0 saturated carbocycles. The SMILES string of the molecule is CC1C=CC=CC1[C@H]1COC(=O)N1C(=O)CC1(c2ccc(Cl)cc2)CCN(C(=O)OC(C)(C)C)CC1. The number of hydrogen-bond acceptors (Lipinski definition) is 5. The summed E-state index contributed by atoms with van der Waals surface area (Å²) in [6, 6.07) is 7.17. The van der Waals surface area contributed by atoms with Gasteiger partial charge in [-0.05, 0) is 57.2 Å². The number of rotatable bonds is 4. The maximum atomic E-state index is 13.8. The van der Waals surface area contributed by atoms with Gasteiger partial charge in [-0.1, -0.05) is 55.0 Å². The highest BCUT2D eigenvalue weighted by Crippen LogP contribution is 2.41. The first-order valence-electron chi connectivity index (χ1n) is 12.6. The predicted octanol–water partition coefficient (Wildman–Crippen LogP) is 5.72. The number of benzene rings is 1. The minimum Gasteiger partial charge on any atom is -0.447 e. The Morgan fingerprint density at radius 1 is 1.11 bits per heavy atom. The fourth-order valence-corrected chi connectivity index (χ4v) is 5.54. The Hall–Kier alpha value is -2.80. The van der Waals surface area contributed by atoms with Crippen molar-refractivity contribution in [3.63, 3.8) is 0 Å². The Labute approximate surface area is 218 Å². The molecule has 1 aromatic rings. The second-order valence-electron chi connectivity index (χ2n) is 11.0. The fourth-order valence-electron chi connectivity index (χ4n) is 5.41. The molecule has 3 aliphatic rings. The molecule has 2 saturated heterocycles. The van der Waals surface area contributed by atoms with Crippen LogP contribution in [0.2, 0.25) is 5.02 Å². The predicted molar refractivity (Wildman–Crippen MR) is 138 cm³/mol. The Morgan fingerprint density at radius 3 is 2.36 bits per heavy atom. The van der Waals surface area contributed by atoms with Crippen LogP contribution >= 0.6 is 11.6 Å². The van der Waals surface area contributed by atoms with E-state index in [0.29, 0.717) is 31.0 Å². The number of carbonyl (C=O) groups excluding carboxylic acids is 3. The first-order chi connectivity index (χ1) is 17.0. The van der Waals surface area contributed by atoms with E-state index in [1.807, 2.05) is 63.3 Å². The molecule has 36 heavy (non-hydrogen) atoms. The van der Waals surface area contributed by atoms with Gasteiger partial charge in [0.25, 0.3) is 0 Å². The Kier molecular flexibility index (Phi) is 7.51. The maximum Gasteiger partial charge on any atom is 0.416 e. The Bertz CT molecular complexity index is 1050. The van der Waals surface area contributed by atoms with Crippen LogP contribution in [0, 0.1) is 11.8 Å². The van der Waals surface area contributed by atoms with Crippen LogP contribution in [-0.2, 0) is 19.7 Å². The molecular formula is C28H35ClN2O5. The second kappa shape index (κ2) is 10.3. The van der Waals surface area contributed by atoms with Crippen LogP contribution < -0.4 is 0 Å². The standard InChI is InChI=1S/C28H35ClN2O5/c1-19-7-5-6-8-22(19)23-18-35-26(34)31(23)24(32)17-28(20-9-11-21(29)12-10-20)13-15-30(16-14-28)25(33)36-27(2,3)4/h5-12,19,22-23H,13-18H2,1-4H3/t19?,22?,23-/m1/s1. The minimum atomic E-state index is -0.586. The van der Waals surface area contributed by atoms with Crippen molar-refractivity contribution in [2.75, 3.05) is 19.7 Å². The van der Waals surface area contributed by atoms with Gasteiger partial charge in [0.15, 0.2) is 0 Å². The molecule has 0 radical (unpaired) electrons. The lowest BCUT2D eigenvalue weighted by molar-refractivity contribution is -0.131. The molecule has 3 amide bonds. The molecule has 7 nitrogen and oxygen atoms in total. The highest BCUT2D eigenvalue weighted by atomic mass is 35.5. The van der Waals surface area contributed by atoms with Gasteiger partial charge in [0.2, 0.25) is 5.91 Å². The van der Waals surface area contributed by atoms with Gasteiger partial charge in [-0.25, -0.2) is 14.5 Å². The van der Waals surface area contributed by atoms with Gasteiger partial charge >= 0.3 is 12.2 Å². The van der Waals surface area contributed by atoms with E-state index in [9.17, 15) is 14.4 Å². The van der Waals surface area contributed by atoms with E-state index in [2.05, 4.69) is 13.0 Å². The number of likely N-dealkylation sites (tertiary alicyclic amines) is 1. The quantitative estimate of drug-likeness (QED) is 0.513. The third-order valence-electron chi connectivity index (χ3n) is 7.40. The number of nitrogens with zero attached hydrogens (tertiary/aromatic N) is 2. The number of halogens is 1. The summed E-state index contributed by atoms with van der Waals surface area (Å²) < 4.78 is 10.9. The second-order valence-corrected chi connectivity index (χ2v) is 11.5. The summed E-state index contributed by atoms with van der Waals surface area (Å²) in [5, 5.41) is 0.612. The van der Waals surface area contributed by atoms with Crippen LogP contribution in [0.25, 0.3) is 0 Å². The topological polar surface area (TPSA) is 76.2 Å². The third-order valence-corrected chi connectivity index (χ3v) is 7.66. The van der Waals surface area contributed by atoms with Crippen molar-refractivity contribution in [3.8, 4) is 0 Å². The number of ether oxygens (including phenoxy) is 2. The Morgan fingerprint density at radius 2 is 1.75 bits per heavy atom. The summed E-state index contributed by atoms with van der Waals surface area (Å²) in [6.07, 6.45) is 8.40. The average molecular weight is 515 g/mol. The van der Waals surface area contributed by atoms with Gasteiger partial charge < -0.3 is 14.4 Å². The molecule has 2 aliphatic heterocycles.